The van der Waals surface area contributed by atoms with E-state index in [2.05, 4.69) is 35.0 Å². The molecule has 0 radical (unpaired) electrons. The number of para-hydroxylation sites is 2. The molecule has 1 fully saturated rings. The summed E-state index contributed by atoms with van der Waals surface area (Å²) >= 11 is 0. The molecule has 1 aromatic carbocycles. The van der Waals surface area contributed by atoms with E-state index in [1.54, 1.807) is 0 Å². The fourth-order valence-electron chi connectivity index (χ4n) is 2.19. The summed E-state index contributed by atoms with van der Waals surface area (Å²) in [5.74, 6) is 0. The largest absolute Gasteiger partial charge is 0.393 e. The third-order valence-corrected chi connectivity index (χ3v) is 3.15. The molecular formula is C14H20N2O. The molecule has 1 heterocycles. The van der Waals surface area contributed by atoms with Crippen LogP contribution in [-0.2, 0) is 0 Å². The zero-order valence-corrected chi connectivity index (χ0v) is 10.1. The van der Waals surface area contributed by atoms with Crippen molar-refractivity contribution in [2.24, 2.45) is 0 Å². The Morgan fingerprint density at radius 3 is 2.76 bits per heavy atom. The van der Waals surface area contributed by atoms with Gasteiger partial charge in [0.1, 0.15) is 0 Å². The van der Waals surface area contributed by atoms with E-state index in [0.29, 0.717) is 0 Å². The Labute approximate surface area is 103 Å². The number of hydrogen-bond donors (Lipinski definition) is 2. The van der Waals surface area contributed by atoms with Crippen molar-refractivity contribution in [2.45, 2.75) is 18.9 Å². The van der Waals surface area contributed by atoms with Gasteiger partial charge in [-0.05, 0) is 25.0 Å². The number of aliphatic hydroxyl groups excluding tert-OH is 1. The van der Waals surface area contributed by atoms with Crippen LogP contribution in [0.2, 0.25) is 0 Å². The molecule has 92 valence electrons. The van der Waals surface area contributed by atoms with Crippen molar-refractivity contribution in [3.05, 3.63) is 36.9 Å². The van der Waals surface area contributed by atoms with Crippen LogP contribution in [0.5, 0.6) is 0 Å². The summed E-state index contributed by atoms with van der Waals surface area (Å²) in [6, 6.07) is 8.31. The fraction of sp³-hybridized carbons (Fsp3) is 0.429. The van der Waals surface area contributed by atoms with Gasteiger partial charge in [-0.3, -0.25) is 0 Å². The summed E-state index contributed by atoms with van der Waals surface area (Å²) in [5, 5.41) is 12.9. The SMILES string of the molecule is C=CCNc1ccccc1N1CCC(O)CC1. The number of nitrogens with one attached hydrogen (secondary N) is 1. The quantitative estimate of drug-likeness (QED) is 0.782. The van der Waals surface area contributed by atoms with E-state index in [-0.39, 0.29) is 6.10 Å². The Morgan fingerprint density at radius 1 is 1.35 bits per heavy atom. The third-order valence-electron chi connectivity index (χ3n) is 3.15. The summed E-state index contributed by atoms with van der Waals surface area (Å²) in [6.45, 7) is 6.34. The molecule has 0 atom stereocenters. The van der Waals surface area contributed by atoms with Crippen molar-refractivity contribution >= 4 is 11.4 Å². The van der Waals surface area contributed by atoms with E-state index in [1.807, 2.05) is 12.1 Å². The van der Waals surface area contributed by atoms with E-state index in [9.17, 15) is 5.11 Å². The lowest BCUT2D eigenvalue weighted by Crippen LogP contribution is -2.36. The molecule has 0 aromatic heterocycles. The molecule has 17 heavy (non-hydrogen) atoms. The maximum atomic E-state index is 9.53. The van der Waals surface area contributed by atoms with Crippen molar-refractivity contribution < 1.29 is 5.11 Å². The molecule has 1 aliphatic rings. The highest BCUT2D eigenvalue weighted by molar-refractivity contribution is 5.70. The highest BCUT2D eigenvalue weighted by Gasteiger charge is 2.18. The van der Waals surface area contributed by atoms with Crippen molar-refractivity contribution in [3.63, 3.8) is 0 Å². The van der Waals surface area contributed by atoms with E-state index in [4.69, 9.17) is 0 Å². The second-order valence-electron chi connectivity index (χ2n) is 4.40. The van der Waals surface area contributed by atoms with Crippen LogP contribution in [0.1, 0.15) is 12.8 Å². The highest BCUT2D eigenvalue weighted by Crippen LogP contribution is 2.28. The second kappa shape index (κ2) is 5.73. The second-order valence-corrected chi connectivity index (χ2v) is 4.40. The fourth-order valence-corrected chi connectivity index (χ4v) is 2.19. The average molecular weight is 232 g/mol. The summed E-state index contributed by atoms with van der Waals surface area (Å²) < 4.78 is 0. The maximum Gasteiger partial charge on any atom is 0.0602 e. The van der Waals surface area contributed by atoms with Gasteiger partial charge in [-0.1, -0.05) is 18.2 Å². The van der Waals surface area contributed by atoms with Gasteiger partial charge in [0.05, 0.1) is 17.5 Å². The molecule has 0 saturated carbocycles. The Bertz CT molecular complexity index is 370. The highest BCUT2D eigenvalue weighted by atomic mass is 16.3. The van der Waals surface area contributed by atoms with Crippen molar-refractivity contribution in [2.75, 3.05) is 29.9 Å². The van der Waals surface area contributed by atoms with Gasteiger partial charge in [0.15, 0.2) is 0 Å². The van der Waals surface area contributed by atoms with Crippen LogP contribution < -0.4 is 10.2 Å². The predicted octanol–water partition coefficient (Wildman–Crippen LogP) is 2.25. The molecule has 1 aromatic rings. The molecule has 3 nitrogen and oxygen atoms in total. The summed E-state index contributed by atoms with van der Waals surface area (Å²) in [7, 11) is 0. The summed E-state index contributed by atoms with van der Waals surface area (Å²) in [6.07, 6.45) is 3.45. The molecular weight excluding hydrogens is 212 g/mol. The van der Waals surface area contributed by atoms with Gasteiger partial charge in [-0.25, -0.2) is 0 Å². The zero-order chi connectivity index (χ0) is 12.1. The van der Waals surface area contributed by atoms with E-state index in [0.717, 1.165) is 38.2 Å². The minimum absolute atomic E-state index is 0.125. The lowest BCUT2D eigenvalue weighted by atomic mass is 10.1. The van der Waals surface area contributed by atoms with Gasteiger partial charge in [-0.2, -0.15) is 0 Å². The molecule has 0 unspecified atom stereocenters. The Balaban J connectivity index is 2.10. The minimum Gasteiger partial charge on any atom is -0.393 e. The van der Waals surface area contributed by atoms with E-state index >= 15 is 0 Å². The first kappa shape index (κ1) is 12.0. The first-order valence-corrected chi connectivity index (χ1v) is 6.18. The average Bonchev–Trinajstić information content (AvgIpc) is 2.38. The van der Waals surface area contributed by atoms with E-state index < -0.39 is 0 Å². The number of hydrogen-bond acceptors (Lipinski definition) is 3. The zero-order valence-electron chi connectivity index (χ0n) is 10.1. The van der Waals surface area contributed by atoms with Gasteiger partial charge in [0.25, 0.3) is 0 Å². The Morgan fingerprint density at radius 2 is 2.06 bits per heavy atom. The molecule has 1 saturated heterocycles. The van der Waals surface area contributed by atoms with Crippen LogP contribution >= 0.6 is 0 Å². The number of nitrogens with zero attached hydrogens (tertiary/aromatic N) is 1. The molecule has 3 heteroatoms. The Hall–Kier alpha value is -1.48. The van der Waals surface area contributed by atoms with Crippen LogP contribution in [0.3, 0.4) is 0 Å². The molecule has 0 amide bonds. The first-order chi connectivity index (χ1) is 8.31. The maximum absolute atomic E-state index is 9.53. The van der Waals surface area contributed by atoms with Crippen LogP contribution in [0.15, 0.2) is 36.9 Å². The monoisotopic (exact) mass is 232 g/mol. The molecule has 2 N–H and O–H groups in total. The van der Waals surface area contributed by atoms with Crippen LogP contribution in [0.4, 0.5) is 11.4 Å². The number of piperidine rings is 1. The summed E-state index contributed by atoms with van der Waals surface area (Å²) in [4.78, 5) is 2.33. The van der Waals surface area contributed by atoms with Crippen LogP contribution in [0, 0.1) is 0 Å². The smallest absolute Gasteiger partial charge is 0.0602 e. The van der Waals surface area contributed by atoms with Gasteiger partial charge < -0.3 is 15.3 Å². The number of rotatable bonds is 4. The van der Waals surface area contributed by atoms with Gasteiger partial charge in [0.2, 0.25) is 0 Å². The number of benzene rings is 1. The molecule has 2 rings (SSSR count). The standard InChI is InChI=1S/C14H20N2O/c1-2-9-15-13-5-3-4-6-14(13)16-10-7-12(17)8-11-16/h2-6,12,15,17H,1,7-11H2. The topological polar surface area (TPSA) is 35.5 Å². The van der Waals surface area contributed by atoms with Crippen molar-refractivity contribution in [3.8, 4) is 0 Å². The summed E-state index contributed by atoms with van der Waals surface area (Å²) in [5.41, 5.74) is 2.37. The van der Waals surface area contributed by atoms with Gasteiger partial charge in [-0.15, -0.1) is 6.58 Å². The van der Waals surface area contributed by atoms with Crippen molar-refractivity contribution in [1.29, 1.82) is 0 Å². The van der Waals surface area contributed by atoms with E-state index in [1.165, 1.54) is 5.69 Å². The lowest BCUT2D eigenvalue weighted by Gasteiger charge is -2.32. The number of aliphatic hydroxyl groups is 1. The van der Waals surface area contributed by atoms with Crippen LogP contribution in [0.25, 0.3) is 0 Å². The molecule has 0 spiro atoms. The van der Waals surface area contributed by atoms with Gasteiger partial charge >= 0.3 is 0 Å². The van der Waals surface area contributed by atoms with Crippen molar-refractivity contribution in [1.82, 2.24) is 0 Å². The minimum atomic E-state index is -0.125. The normalized spacial score (nSPS) is 16.9. The molecule has 0 aliphatic carbocycles. The molecule has 1 aliphatic heterocycles. The lowest BCUT2D eigenvalue weighted by molar-refractivity contribution is 0.145. The first-order valence-electron chi connectivity index (χ1n) is 6.18. The van der Waals surface area contributed by atoms with Crippen LogP contribution in [-0.4, -0.2) is 30.8 Å². The predicted molar refractivity (Wildman–Crippen MR) is 72.6 cm³/mol. The molecule has 0 bridgehead atoms. The Kier molecular flexibility index (Phi) is 4.04. The van der Waals surface area contributed by atoms with Gasteiger partial charge in [0, 0.05) is 19.6 Å². The number of anilines is 2. The third kappa shape index (κ3) is 3.01.